The molecule has 1 aromatic heterocycles. The quantitative estimate of drug-likeness (QED) is 0.669. The van der Waals surface area contributed by atoms with Gasteiger partial charge in [0.15, 0.2) is 0 Å². The van der Waals surface area contributed by atoms with Gasteiger partial charge >= 0.3 is 6.03 Å². The first-order chi connectivity index (χ1) is 11.1. The molecule has 0 aliphatic heterocycles. The summed E-state index contributed by atoms with van der Waals surface area (Å²) in [6.45, 7) is 0.235. The molecule has 0 spiro atoms. The summed E-state index contributed by atoms with van der Waals surface area (Å²) in [5.41, 5.74) is 1.73. The molecule has 2 N–H and O–H groups in total. The van der Waals surface area contributed by atoms with Crippen molar-refractivity contribution >= 4 is 11.7 Å². The second kappa shape index (κ2) is 6.51. The molecule has 2 amide bonds. The van der Waals surface area contributed by atoms with Gasteiger partial charge in [0.2, 0.25) is 0 Å². The smallest absolute Gasteiger partial charge is 0.315 e. The van der Waals surface area contributed by atoms with E-state index in [0.29, 0.717) is 5.56 Å². The van der Waals surface area contributed by atoms with Crippen LogP contribution in [0.4, 0.5) is 10.5 Å². The summed E-state index contributed by atoms with van der Waals surface area (Å²) in [5, 5.41) is 16.4. The van der Waals surface area contributed by atoms with Crippen LogP contribution >= 0.6 is 0 Å². The van der Waals surface area contributed by atoms with Gasteiger partial charge in [-0.05, 0) is 24.5 Å². The summed E-state index contributed by atoms with van der Waals surface area (Å²) in [7, 11) is 0. The third-order valence-corrected chi connectivity index (χ3v) is 3.93. The molecule has 0 bridgehead atoms. The van der Waals surface area contributed by atoms with Gasteiger partial charge in [-0.25, -0.2) is 4.79 Å². The average molecular weight is 315 g/mol. The van der Waals surface area contributed by atoms with E-state index in [9.17, 15) is 14.9 Å². The van der Waals surface area contributed by atoms with Crippen LogP contribution < -0.4 is 10.6 Å². The number of carbonyl (C=O) groups excluding carboxylic acids is 1. The molecule has 120 valence electrons. The number of hydrogen-bond donors (Lipinski definition) is 2. The van der Waals surface area contributed by atoms with Crippen LogP contribution in [0.5, 0.6) is 0 Å². The van der Waals surface area contributed by atoms with Gasteiger partial charge in [0.1, 0.15) is 5.76 Å². The number of nitrogens with one attached hydrogen (secondary N) is 2. The van der Waals surface area contributed by atoms with Gasteiger partial charge in [-0.2, -0.15) is 0 Å². The van der Waals surface area contributed by atoms with Crippen molar-refractivity contribution in [2.75, 3.05) is 0 Å². The Balaban J connectivity index is 1.57. The number of benzene rings is 1. The van der Waals surface area contributed by atoms with Crippen LogP contribution in [0.25, 0.3) is 0 Å². The third-order valence-electron chi connectivity index (χ3n) is 3.93. The molecule has 0 fully saturated rings. The van der Waals surface area contributed by atoms with E-state index in [1.54, 1.807) is 18.4 Å². The summed E-state index contributed by atoms with van der Waals surface area (Å²) in [6.07, 6.45) is 4.38. The molecular formula is C16H17N3O4. The van der Waals surface area contributed by atoms with E-state index >= 15 is 0 Å². The van der Waals surface area contributed by atoms with Crippen LogP contribution in [-0.2, 0) is 13.0 Å². The Labute approximate surface area is 132 Å². The number of nitrogens with zero attached hydrogens (tertiary/aromatic N) is 1. The van der Waals surface area contributed by atoms with Crippen LogP contribution in [0.15, 0.2) is 41.0 Å². The van der Waals surface area contributed by atoms with Crippen LogP contribution in [0.2, 0.25) is 0 Å². The number of amides is 2. The third kappa shape index (κ3) is 3.50. The second-order valence-corrected chi connectivity index (χ2v) is 5.50. The van der Waals surface area contributed by atoms with Crippen LogP contribution in [0, 0.1) is 10.1 Å². The van der Waals surface area contributed by atoms with E-state index < -0.39 is 4.92 Å². The van der Waals surface area contributed by atoms with Gasteiger partial charge in [-0.1, -0.05) is 12.1 Å². The van der Waals surface area contributed by atoms with E-state index in [4.69, 9.17) is 4.42 Å². The fourth-order valence-electron chi connectivity index (χ4n) is 2.81. The Morgan fingerprint density at radius 1 is 1.39 bits per heavy atom. The van der Waals surface area contributed by atoms with Gasteiger partial charge in [-0.15, -0.1) is 0 Å². The first-order valence-electron chi connectivity index (χ1n) is 7.47. The number of aryl methyl sites for hydroxylation is 1. The van der Waals surface area contributed by atoms with Crippen molar-refractivity contribution in [2.24, 2.45) is 0 Å². The SMILES string of the molecule is O=C(NCc1cccc([N+](=O)[O-])c1)NC1CCCc2occc21. The Kier molecular flexibility index (Phi) is 4.27. The second-order valence-electron chi connectivity index (χ2n) is 5.50. The summed E-state index contributed by atoms with van der Waals surface area (Å²) in [6, 6.07) is 7.76. The normalized spacial score (nSPS) is 16.4. The van der Waals surface area contributed by atoms with Crippen molar-refractivity contribution in [3.63, 3.8) is 0 Å². The number of nitro benzene ring substituents is 1. The Morgan fingerprint density at radius 3 is 3.09 bits per heavy atom. The lowest BCUT2D eigenvalue weighted by molar-refractivity contribution is -0.384. The Hall–Kier alpha value is -2.83. The lowest BCUT2D eigenvalue weighted by Crippen LogP contribution is -2.38. The molecule has 1 aliphatic carbocycles. The van der Waals surface area contributed by atoms with E-state index in [1.165, 1.54) is 12.1 Å². The molecule has 0 saturated heterocycles. The minimum atomic E-state index is -0.452. The predicted molar refractivity (Wildman–Crippen MR) is 82.9 cm³/mol. The van der Waals surface area contributed by atoms with Crippen molar-refractivity contribution in [3.05, 3.63) is 63.6 Å². The molecule has 23 heavy (non-hydrogen) atoms. The van der Waals surface area contributed by atoms with Crippen LogP contribution in [0.3, 0.4) is 0 Å². The van der Waals surface area contributed by atoms with Crippen molar-refractivity contribution in [3.8, 4) is 0 Å². The fourth-order valence-corrected chi connectivity index (χ4v) is 2.81. The number of nitro groups is 1. The maximum absolute atomic E-state index is 12.0. The van der Waals surface area contributed by atoms with Crippen molar-refractivity contribution < 1.29 is 14.1 Å². The van der Waals surface area contributed by atoms with E-state index in [1.807, 2.05) is 6.07 Å². The molecule has 1 atom stereocenters. The summed E-state index contributed by atoms with van der Waals surface area (Å²) < 4.78 is 5.40. The monoisotopic (exact) mass is 315 g/mol. The molecule has 7 heteroatoms. The highest BCUT2D eigenvalue weighted by molar-refractivity contribution is 5.74. The zero-order valence-corrected chi connectivity index (χ0v) is 12.5. The van der Waals surface area contributed by atoms with Crippen molar-refractivity contribution in [1.29, 1.82) is 0 Å². The maximum Gasteiger partial charge on any atom is 0.315 e. The molecule has 0 radical (unpaired) electrons. The molecule has 1 heterocycles. The Morgan fingerprint density at radius 2 is 2.26 bits per heavy atom. The number of fused-ring (bicyclic) bond motifs is 1. The largest absolute Gasteiger partial charge is 0.469 e. The molecule has 1 unspecified atom stereocenters. The zero-order chi connectivity index (χ0) is 16.2. The van der Waals surface area contributed by atoms with Gasteiger partial charge < -0.3 is 15.1 Å². The topological polar surface area (TPSA) is 97.4 Å². The molecule has 3 rings (SSSR count). The first kappa shape index (κ1) is 15.1. The van der Waals surface area contributed by atoms with Gasteiger partial charge in [0.05, 0.1) is 17.2 Å². The minimum Gasteiger partial charge on any atom is -0.469 e. The molecule has 1 aromatic carbocycles. The number of hydrogen-bond acceptors (Lipinski definition) is 4. The van der Waals surface area contributed by atoms with E-state index in [-0.39, 0.29) is 24.3 Å². The average Bonchev–Trinajstić information content (AvgIpc) is 3.03. The van der Waals surface area contributed by atoms with Gasteiger partial charge in [0, 0.05) is 30.7 Å². The molecule has 2 aromatic rings. The number of carbonyl (C=O) groups is 1. The number of urea groups is 1. The van der Waals surface area contributed by atoms with E-state index in [0.717, 1.165) is 30.6 Å². The van der Waals surface area contributed by atoms with Gasteiger partial charge in [-0.3, -0.25) is 10.1 Å². The minimum absolute atomic E-state index is 0.0139. The summed E-state index contributed by atoms with van der Waals surface area (Å²) >= 11 is 0. The summed E-state index contributed by atoms with van der Waals surface area (Å²) in [5.74, 6) is 0.931. The molecule has 1 aliphatic rings. The molecule has 0 saturated carbocycles. The van der Waals surface area contributed by atoms with Crippen LogP contribution in [-0.4, -0.2) is 11.0 Å². The number of non-ortho nitro benzene ring substituents is 1. The lowest BCUT2D eigenvalue weighted by atomic mass is 9.93. The standard InChI is InChI=1S/C16H17N3O4/c20-16(17-10-11-3-1-4-12(9-11)19(21)22)18-14-5-2-6-15-13(14)7-8-23-15/h1,3-4,7-9,14H,2,5-6,10H2,(H2,17,18,20). The highest BCUT2D eigenvalue weighted by Gasteiger charge is 2.23. The number of rotatable bonds is 4. The maximum atomic E-state index is 12.0. The van der Waals surface area contributed by atoms with Crippen molar-refractivity contribution in [2.45, 2.75) is 31.8 Å². The van der Waals surface area contributed by atoms with E-state index in [2.05, 4.69) is 10.6 Å². The Bertz CT molecular complexity index is 726. The highest BCUT2D eigenvalue weighted by atomic mass is 16.6. The first-order valence-corrected chi connectivity index (χ1v) is 7.47. The molecular weight excluding hydrogens is 298 g/mol. The number of furan rings is 1. The highest BCUT2D eigenvalue weighted by Crippen LogP contribution is 2.30. The predicted octanol–water partition coefficient (Wildman–Crippen LogP) is 3.06. The zero-order valence-electron chi connectivity index (χ0n) is 12.5. The van der Waals surface area contributed by atoms with Gasteiger partial charge in [0.25, 0.3) is 5.69 Å². The van der Waals surface area contributed by atoms with Crippen molar-refractivity contribution in [1.82, 2.24) is 10.6 Å². The lowest BCUT2D eigenvalue weighted by Gasteiger charge is -2.22. The summed E-state index contributed by atoms with van der Waals surface area (Å²) in [4.78, 5) is 22.3. The molecule has 7 nitrogen and oxygen atoms in total. The fraction of sp³-hybridized carbons (Fsp3) is 0.312. The van der Waals surface area contributed by atoms with Crippen LogP contribution in [0.1, 0.15) is 35.8 Å².